The number of hydrogen-bond donors (Lipinski definition) is 0. The maximum atomic E-state index is 4.40. The Morgan fingerprint density at radius 3 is 1.80 bits per heavy atom. The van der Waals surface area contributed by atoms with Gasteiger partial charge in [-0.15, -0.1) is 0 Å². The summed E-state index contributed by atoms with van der Waals surface area (Å²) < 4.78 is 0. The number of fused-ring (bicyclic) bond motifs is 3. The highest BCUT2D eigenvalue weighted by Crippen LogP contribution is 2.49. The van der Waals surface area contributed by atoms with E-state index in [9.17, 15) is 0 Å². The summed E-state index contributed by atoms with van der Waals surface area (Å²) in [6.45, 7) is 0. The molecule has 0 spiro atoms. The zero-order chi connectivity index (χ0) is 23.2. The van der Waals surface area contributed by atoms with E-state index in [1.54, 1.807) is 0 Å². The summed E-state index contributed by atoms with van der Waals surface area (Å²) in [5.74, 6) is 0.585. The number of benzene rings is 5. The monoisotopic (exact) mass is 448 g/mol. The van der Waals surface area contributed by atoms with Gasteiger partial charge in [-0.25, -0.2) is 15.0 Å². The average molecular weight is 449 g/mol. The topological polar surface area (TPSA) is 41.9 Å². The van der Waals surface area contributed by atoms with E-state index in [0.29, 0.717) is 5.95 Å². The number of para-hydroxylation sites is 1. The molecule has 0 saturated heterocycles. The van der Waals surface area contributed by atoms with Gasteiger partial charge < -0.3 is 0 Å². The van der Waals surface area contributed by atoms with Gasteiger partial charge in [0.05, 0.1) is 0 Å². The zero-order valence-electron chi connectivity index (χ0n) is 18.8. The van der Waals surface area contributed by atoms with Gasteiger partial charge in [0, 0.05) is 11.4 Å². The highest BCUT2D eigenvalue weighted by molar-refractivity contribution is 6.18. The van der Waals surface area contributed by atoms with E-state index in [-0.39, 0.29) is 0 Å². The van der Waals surface area contributed by atoms with Crippen LogP contribution in [0.2, 0.25) is 0 Å². The summed E-state index contributed by atoms with van der Waals surface area (Å²) in [6.07, 6.45) is 3.05. The summed E-state index contributed by atoms with van der Waals surface area (Å²) in [5, 5.41) is 2.62. The van der Waals surface area contributed by atoms with Gasteiger partial charge in [0.25, 0.3) is 0 Å². The van der Waals surface area contributed by atoms with Crippen LogP contribution in [0, 0.1) is 0 Å². The van der Waals surface area contributed by atoms with E-state index in [4.69, 9.17) is 0 Å². The van der Waals surface area contributed by atoms with Gasteiger partial charge in [-0.05, 0) is 68.4 Å². The van der Waals surface area contributed by atoms with Gasteiger partial charge in [-0.1, -0.05) is 84.9 Å². The summed E-state index contributed by atoms with van der Waals surface area (Å²) in [5.41, 5.74) is 9.66. The first-order chi connectivity index (χ1) is 17.4. The normalized spacial score (nSPS) is 11.4. The van der Waals surface area contributed by atoms with Gasteiger partial charge in [-0.3, -0.25) is 4.90 Å². The fraction of sp³-hybridized carbons (Fsp3) is 0. The fourth-order valence-electron chi connectivity index (χ4n) is 5.16. The summed E-state index contributed by atoms with van der Waals surface area (Å²) in [4.78, 5) is 14.8. The molecule has 1 heterocycles. The van der Waals surface area contributed by atoms with Crippen molar-refractivity contribution < 1.29 is 0 Å². The van der Waals surface area contributed by atoms with Gasteiger partial charge >= 0.3 is 0 Å². The molecule has 1 aliphatic rings. The zero-order valence-corrected chi connectivity index (χ0v) is 18.8. The van der Waals surface area contributed by atoms with Crippen LogP contribution >= 0.6 is 0 Å². The van der Waals surface area contributed by atoms with Crippen LogP contribution in [-0.2, 0) is 0 Å². The third-order valence-corrected chi connectivity index (χ3v) is 6.68. The largest absolute Gasteiger partial charge is 0.279 e. The Morgan fingerprint density at radius 2 is 1.06 bits per heavy atom. The minimum atomic E-state index is 0.585. The second-order valence-corrected chi connectivity index (χ2v) is 8.59. The second kappa shape index (κ2) is 7.89. The summed E-state index contributed by atoms with van der Waals surface area (Å²) in [7, 11) is 0. The van der Waals surface area contributed by atoms with Crippen LogP contribution in [0.5, 0.6) is 0 Å². The number of hydrogen-bond acceptors (Lipinski definition) is 4. The van der Waals surface area contributed by atoms with Gasteiger partial charge in [0.1, 0.15) is 12.7 Å². The van der Waals surface area contributed by atoms with Crippen LogP contribution < -0.4 is 4.90 Å². The van der Waals surface area contributed by atoms with E-state index in [1.165, 1.54) is 56.8 Å². The van der Waals surface area contributed by atoms with Gasteiger partial charge in [0.15, 0.2) is 0 Å². The lowest BCUT2D eigenvalue weighted by Crippen LogP contribution is -2.13. The highest BCUT2D eigenvalue weighted by Gasteiger charge is 2.22. The van der Waals surface area contributed by atoms with Crippen molar-refractivity contribution >= 4 is 28.1 Å². The second-order valence-electron chi connectivity index (χ2n) is 8.59. The quantitative estimate of drug-likeness (QED) is 0.275. The van der Waals surface area contributed by atoms with Crippen LogP contribution in [0.4, 0.5) is 17.3 Å². The molecule has 0 radical (unpaired) electrons. The maximum Gasteiger partial charge on any atom is 0.237 e. The Labute approximate surface area is 203 Å². The number of nitrogens with zero attached hydrogens (tertiary/aromatic N) is 4. The first-order valence-electron chi connectivity index (χ1n) is 11.6. The van der Waals surface area contributed by atoms with Crippen LogP contribution in [0.1, 0.15) is 0 Å². The SMILES string of the molecule is c1ccc(N(c2ccc(-c3ccc4c5c(cccc35)-c3ccccc3-4)cc2)c2ncncn2)cc1. The van der Waals surface area contributed by atoms with E-state index in [1.807, 2.05) is 23.1 Å². The Hall–Kier alpha value is -4.83. The molecule has 1 aromatic heterocycles. The predicted octanol–water partition coefficient (Wildman–Crippen LogP) is 7.81. The summed E-state index contributed by atoms with van der Waals surface area (Å²) in [6, 6.07) is 38.6. The molecule has 0 unspecified atom stereocenters. The number of aromatic nitrogens is 3. The Balaban J connectivity index is 1.34. The van der Waals surface area contributed by atoms with E-state index < -0.39 is 0 Å². The predicted molar refractivity (Wildman–Crippen MR) is 142 cm³/mol. The van der Waals surface area contributed by atoms with Gasteiger partial charge in [-0.2, -0.15) is 0 Å². The Kier molecular flexibility index (Phi) is 4.42. The van der Waals surface area contributed by atoms with Crippen molar-refractivity contribution in [1.29, 1.82) is 0 Å². The minimum absolute atomic E-state index is 0.585. The lowest BCUT2D eigenvalue weighted by Gasteiger charge is -2.23. The lowest BCUT2D eigenvalue weighted by atomic mass is 9.94. The molecule has 35 heavy (non-hydrogen) atoms. The molecule has 6 aromatic rings. The third-order valence-electron chi connectivity index (χ3n) is 6.68. The number of anilines is 3. The molecule has 0 fully saturated rings. The molecule has 164 valence electrons. The van der Waals surface area contributed by atoms with Crippen LogP contribution in [-0.4, -0.2) is 15.0 Å². The molecule has 0 atom stereocenters. The first-order valence-corrected chi connectivity index (χ1v) is 11.6. The molecular formula is C31H20N4. The van der Waals surface area contributed by atoms with Crippen molar-refractivity contribution in [2.45, 2.75) is 0 Å². The molecule has 0 N–H and O–H groups in total. The van der Waals surface area contributed by atoms with Crippen LogP contribution in [0.3, 0.4) is 0 Å². The molecule has 0 bridgehead atoms. The molecule has 5 aromatic carbocycles. The van der Waals surface area contributed by atoms with Crippen molar-refractivity contribution in [1.82, 2.24) is 15.0 Å². The average Bonchev–Trinajstić information content (AvgIpc) is 3.26. The third kappa shape index (κ3) is 3.11. The smallest absolute Gasteiger partial charge is 0.237 e. The van der Waals surface area contributed by atoms with Crippen LogP contribution in [0.25, 0.3) is 44.2 Å². The molecular weight excluding hydrogens is 428 g/mol. The fourth-order valence-corrected chi connectivity index (χ4v) is 5.16. The molecule has 0 amide bonds. The summed E-state index contributed by atoms with van der Waals surface area (Å²) >= 11 is 0. The molecule has 0 saturated carbocycles. The van der Waals surface area contributed by atoms with Crippen LogP contribution in [0.15, 0.2) is 122 Å². The number of rotatable bonds is 4. The Bertz CT molecular complexity index is 1610. The molecule has 0 aliphatic heterocycles. The molecule has 1 aliphatic carbocycles. The van der Waals surface area contributed by atoms with E-state index in [2.05, 4.69) is 106 Å². The highest BCUT2D eigenvalue weighted by atomic mass is 15.3. The van der Waals surface area contributed by atoms with Crippen molar-refractivity contribution in [2.75, 3.05) is 4.90 Å². The molecule has 7 rings (SSSR count). The van der Waals surface area contributed by atoms with Gasteiger partial charge in [0.2, 0.25) is 5.95 Å². The molecule has 4 heteroatoms. The maximum absolute atomic E-state index is 4.40. The van der Waals surface area contributed by atoms with E-state index >= 15 is 0 Å². The minimum Gasteiger partial charge on any atom is -0.279 e. The van der Waals surface area contributed by atoms with Crippen molar-refractivity contribution in [3.05, 3.63) is 122 Å². The van der Waals surface area contributed by atoms with E-state index in [0.717, 1.165) is 11.4 Å². The van der Waals surface area contributed by atoms with Crippen molar-refractivity contribution in [3.63, 3.8) is 0 Å². The first kappa shape index (κ1) is 19.6. The lowest BCUT2D eigenvalue weighted by molar-refractivity contribution is 1.01. The van der Waals surface area contributed by atoms with Crippen molar-refractivity contribution in [2.24, 2.45) is 0 Å². The standard InChI is InChI=1S/C31H20N4/c1-2-7-22(8-3-1)35(31-33-19-32-20-34-31)23-15-13-21(14-16-23)24-17-18-29-26-10-5-4-9-25(26)28-12-6-11-27(24)30(28)29/h1-20H. The molecule has 4 nitrogen and oxygen atoms in total. The van der Waals surface area contributed by atoms with Crippen molar-refractivity contribution in [3.8, 4) is 33.4 Å². The Morgan fingerprint density at radius 1 is 0.457 bits per heavy atom.